The Balaban J connectivity index is 1.36. The minimum atomic E-state index is -0.518. The zero-order valence-corrected chi connectivity index (χ0v) is 23.0. The third-order valence-corrected chi connectivity index (χ3v) is 8.34. The molecule has 0 spiro atoms. The van der Waals surface area contributed by atoms with Crippen molar-refractivity contribution in [2.24, 2.45) is 17.8 Å². The number of aromatic hydroxyl groups is 1. The average Bonchev–Trinajstić information content (AvgIpc) is 2.91. The fourth-order valence-corrected chi connectivity index (χ4v) is 6.09. The summed E-state index contributed by atoms with van der Waals surface area (Å²) in [4.78, 5) is 26.4. The van der Waals surface area contributed by atoms with E-state index in [1.807, 2.05) is 12.1 Å². The van der Waals surface area contributed by atoms with Crippen LogP contribution in [0.1, 0.15) is 45.6 Å². The largest absolute Gasteiger partial charge is 0.507 e. The molecule has 2 fully saturated rings. The molecular weight excluding hydrogens is 476 g/mol. The SMILES string of the molecule is Cc1ccc2c(N3CCN(C(C=O)OC4CC(C)CCC4C(C)C)CC3)nc(-c3ccccc3O)nc2c1. The van der Waals surface area contributed by atoms with Crippen LogP contribution in [0.25, 0.3) is 22.3 Å². The quantitative estimate of drug-likeness (QED) is 0.419. The van der Waals surface area contributed by atoms with E-state index in [0.29, 0.717) is 42.2 Å². The molecule has 1 aromatic heterocycles. The van der Waals surface area contributed by atoms with Crippen molar-refractivity contribution in [3.63, 3.8) is 0 Å². The summed E-state index contributed by atoms with van der Waals surface area (Å²) in [7, 11) is 0. The molecule has 1 saturated carbocycles. The summed E-state index contributed by atoms with van der Waals surface area (Å²) >= 11 is 0. The second-order valence-corrected chi connectivity index (χ2v) is 11.5. The summed E-state index contributed by atoms with van der Waals surface area (Å²) in [6, 6.07) is 13.4. The number of anilines is 1. The first kappa shape index (κ1) is 26.6. The maximum absolute atomic E-state index is 12.2. The van der Waals surface area contributed by atoms with Gasteiger partial charge in [0.1, 0.15) is 11.6 Å². The van der Waals surface area contributed by atoms with E-state index in [-0.39, 0.29) is 11.9 Å². The van der Waals surface area contributed by atoms with E-state index in [0.717, 1.165) is 48.1 Å². The lowest BCUT2D eigenvalue weighted by Gasteiger charge is -2.42. The van der Waals surface area contributed by atoms with Gasteiger partial charge in [-0.05, 0) is 67.3 Å². The van der Waals surface area contributed by atoms with Crippen LogP contribution in [0.2, 0.25) is 0 Å². The Bertz CT molecular complexity index is 1270. The van der Waals surface area contributed by atoms with Gasteiger partial charge in [0.2, 0.25) is 0 Å². The molecule has 7 heteroatoms. The van der Waals surface area contributed by atoms with Crippen molar-refractivity contribution in [1.29, 1.82) is 0 Å². The molecule has 5 rings (SSSR count). The number of aromatic nitrogens is 2. The number of carbonyl (C=O) groups is 1. The van der Waals surface area contributed by atoms with Gasteiger partial charge in [0.05, 0.1) is 17.2 Å². The highest BCUT2D eigenvalue weighted by atomic mass is 16.5. The molecule has 3 aromatic rings. The highest BCUT2D eigenvalue weighted by Gasteiger charge is 2.35. The van der Waals surface area contributed by atoms with Gasteiger partial charge < -0.3 is 14.7 Å². The van der Waals surface area contributed by atoms with Crippen molar-refractivity contribution in [2.75, 3.05) is 31.1 Å². The first-order valence-corrected chi connectivity index (χ1v) is 14.0. The van der Waals surface area contributed by atoms with Gasteiger partial charge in [-0.25, -0.2) is 9.97 Å². The topological polar surface area (TPSA) is 78.8 Å². The molecule has 2 aromatic carbocycles. The average molecular weight is 517 g/mol. The summed E-state index contributed by atoms with van der Waals surface area (Å²) in [6.45, 7) is 11.7. The van der Waals surface area contributed by atoms with Gasteiger partial charge in [0.25, 0.3) is 0 Å². The molecule has 0 bridgehead atoms. The van der Waals surface area contributed by atoms with Gasteiger partial charge in [-0.1, -0.05) is 45.4 Å². The van der Waals surface area contributed by atoms with Crippen LogP contribution < -0.4 is 4.90 Å². The number of phenolic OH excluding ortho intramolecular Hbond substituents is 1. The van der Waals surface area contributed by atoms with E-state index in [1.165, 1.54) is 12.8 Å². The summed E-state index contributed by atoms with van der Waals surface area (Å²) < 4.78 is 6.52. The molecule has 0 radical (unpaired) electrons. The molecule has 202 valence electrons. The Hall–Kier alpha value is -3.03. The molecule has 4 atom stereocenters. The summed E-state index contributed by atoms with van der Waals surface area (Å²) in [5.74, 6) is 3.21. The lowest BCUT2D eigenvalue weighted by molar-refractivity contribution is -0.154. The second-order valence-electron chi connectivity index (χ2n) is 11.5. The number of rotatable bonds is 7. The highest BCUT2D eigenvalue weighted by Crippen LogP contribution is 2.36. The molecule has 0 amide bonds. The summed E-state index contributed by atoms with van der Waals surface area (Å²) in [6.07, 6.45) is 4.02. The van der Waals surface area contributed by atoms with E-state index in [4.69, 9.17) is 14.7 Å². The number of aldehydes is 1. The van der Waals surface area contributed by atoms with Crippen molar-refractivity contribution in [3.05, 3.63) is 48.0 Å². The maximum atomic E-state index is 12.2. The van der Waals surface area contributed by atoms with Crippen LogP contribution in [0.5, 0.6) is 5.75 Å². The zero-order valence-electron chi connectivity index (χ0n) is 23.0. The van der Waals surface area contributed by atoms with Crippen LogP contribution in [0.15, 0.2) is 42.5 Å². The van der Waals surface area contributed by atoms with Gasteiger partial charge in [0, 0.05) is 31.6 Å². The maximum Gasteiger partial charge on any atom is 0.167 e. The number of hydrogen-bond donors (Lipinski definition) is 1. The van der Waals surface area contributed by atoms with Crippen molar-refractivity contribution >= 4 is 23.0 Å². The molecule has 1 saturated heterocycles. The fourth-order valence-electron chi connectivity index (χ4n) is 6.09. The highest BCUT2D eigenvalue weighted by molar-refractivity contribution is 5.92. The number of benzene rings is 2. The number of ether oxygens (including phenoxy) is 1. The van der Waals surface area contributed by atoms with Crippen molar-refractivity contribution < 1.29 is 14.6 Å². The van der Waals surface area contributed by atoms with Crippen LogP contribution in [0.4, 0.5) is 5.82 Å². The molecule has 1 aliphatic carbocycles. The number of piperazine rings is 1. The van der Waals surface area contributed by atoms with Crippen LogP contribution in [-0.4, -0.2) is 64.8 Å². The number of carbonyl (C=O) groups excluding carboxylic acids is 1. The molecule has 7 nitrogen and oxygen atoms in total. The Morgan fingerprint density at radius 3 is 2.53 bits per heavy atom. The van der Waals surface area contributed by atoms with Gasteiger partial charge >= 0.3 is 0 Å². The van der Waals surface area contributed by atoms with Gasteiger partial charge in [-0.2, -0.15) is 0 Å². The molecule has 2 aliphatic rings. The molecule has 1 aliphatic heterocycles. The van der Waals surface area contributed by atoms with Crippen molar-refractivity contribution in [1.82, 2.24) is 14.9 Å². The molecule has 1 N–H and O–H groups in total. The predicted octanol–water partition coefficient (Wildman–Crippen LogP) is 5.44. The zero-order chi connectivity index (χ0) is 26.8. The van der Waals surface area contributed by atoms with Crippen molar-refractivity contribution in [3.8, 4) is 17.1 Å². The number of fused-ring (bicyclic) bond motifs is 1. The molecular formula is C31H40N4O3. The first-order valence-electron chi connectivity index (χ1n) is 14.0. The van der Waals surface area contributed by atoms with Crippen LogP contribution in [-0.2, 0) is 9.53 Å². The molecule has 38 heavy (non-hydrogen) atoms. The van der Waals surface area contributed by atoms with E-state index in [2.05, 4.69) is 55.7 Å². The number of para-hydroxylation sites is 1. The smallest absolute Gasteiger partial charge is 0.167 e. The van der Waals surface area contributed by atoms with Crippen LogP contribution in [0, 0.1) is 24.7 Å². The lowest BCUT2D eigenvalue weighted by atomic mass is 9.75. The molecule has 2 heterocycles. The number of phenols is 1. The molecule has 4 unspecified atom stereocenters. The number of hydrogen-bond acceptors (Lipinski definition) is 7. The van der Waals surface area contributed by atoms with E-state index in [1.54, 1.807) is 12.1 Å². The van der Waals surface area contributed by atoms with E-state index in [9.17, 15) is 9.90 Å². The standard InChI is InChI=1S/C31H40N4O3/c1-20(2)23-11-9-22(4)18-28(23)38-29(19-36)34-13-15-35(16-14-34)31-24-12-10-21(3)17-26(24)32-30(33-31)25-7-5-6-8-27(25)37/h5-8,10,12,17,19-20,22-23,28-29,37H,9,11,13-16,18H2,1-4H3. The Morgan fingerprint density at radius 2 is 1.82 bits per heavy atom. The van der Waals surface area contributed by atoms with Crippen LogP contribution >= 0.6 is 0 Å². The summed E-state index contributed by atoms with van der Waals surface area (Å²) in [5.41, 5.74) is 2.60. The Morgan fingerprint density at radius 1 is 1.05 bits per heavy atom. The van der Waals surface area contributed by atoms with Gasteiger partial charge in [-0.3, -0.25) is 9.69 Å². The van der Waals surface area contributed by atoms with Crippen LogP contribution in [0.3, 0.4) is 0 Å². The van der Waals surface area contributed by atoms with Gasteiger partial charge in [-0.15, -0.1) is 0 Å². The normalized spacial score (nSPS) is 23.6. The monoisotopic (exact) mass is 516 g/mol. The van der Waals surface area contributed by atoms with Crippen molar-refractivity contribution in [2.45, 2.75) is 59.3 Å². The Kier molecular flexibility index (Phi) is 7.96. The number of aryl methyl sites for hydroxylation is 1. The minimum Gasteiger partial charge on any atom is -0.507 e. The predicted molar refractivity (Wildman–Crippen MR) is 151 cm³/mol. The van der Waals surface area contributed by atoms with E-state index >= 15 is 0 Å². The minimum absolute atomic E-state index is 0.127. The van der Waals surface area contributed by atoms with E-state index < -0.39 is 6.23 Å². The summed E-state index contributed by atoms with van der Waals surface area (Å²) in [5, 5.41) is 11.5. The third-order valence-electron chi connectivity index (χ3n) is 8.34. The lowest BCUT2D eigenvalue weighted by Crippen LogP contribution is -2.53. The van der Waals surface area contributed by atoms with Gasteiger partial charge in [0.15, 0.2) is 18.3 Å². The number of nitrogens with zero attached hydrogens (tertiary/aromatic N) is 4. The third kappa shape index (κ3) is 5.54. The Labute approximate surface area is 225 Å². The fraction of sp³-hybridized carbons (Fsp3) is 0.516. The first-order chi connectivity index (χ1) is 18.3. The second kappa shape index (κ2) is 11.4.